The number of benzene rings is 2. The van der Waals surface area contributed by atoms with Crippen LogP contribution in [0.5, 0.6) is 5.75 Å². The summed E-state index contributed by atoms with van der Waals surface area (Å²) in [4.78, 5) is 0. The zero-order valence-corrected chi connectivity index (χ0v) is 12.5. The highest BCUT2D eigenvalue weighted by Crippen LogP contribution is 2.31. The van der Waals surface area contributed by atoms with E-state index in [0.717, 1.165) is 29.7 Å². The quantitative estimate of drug-likeness (QED) is 0.868. The minimum absolute atomic E-state index is 0.531. The SMILES string of the molecule is Cc1cc(CCCN)cc(Cl)c1OCc1ccccc1. The number of ether oxygens (including phenoxy) is 1. The van der Waals surface area contributed by atoms with E-state index in [1.807, 2.05) is 43.3 Å². The second-order valence-electron chi connectivity index (χ2n) is 4.89. The summed E-state index contributed by atoms with van der Waals surface area (Å²) < 4.78 is 5.86. The first-order chi connectivity index (χ1) is 9.70. The molecule has 0 atom stereocenters. The van der Waals surface area contributed by atoms with Gasteiger partial charge in [0.05, 0.1) is 5.02 Å². The van der Waals surface area contributed by atoms with Crippen molar-refractivity contribution in [3.8, 4) is 5.75 Å². The lowest BCUT2D eigenvalue weighted by molar-refractivity contribution is 0.304. The third-order valence-corrected chi connectivity index (χ3v) is 3.47. The van der Waals surface area contributed by atoms with Crippen LogP contribution in [0.25, 0.3) is 0 Å². The molecule has 2 rings (SSSR count). The molecule has 106 valence electrons. The van der Waals surface area contributed by atoms with Crippen molar-refractivity contribution in [3.63, 3.8) is 0 Å². The molecule has 0 unspecified atom stereocenters. The first-order valence-corrected chi connectivity index (χ1v) is 7.24. The summed E-state index contributed by atoms with van der Waals surface area (Å²) in [6.45, 7) is 3.25. The summed E-state index contributed by atoms with van der Waals surface area (Å²) in [6, 6.07) is 14.2. The minimum atomic E-state index is 0.531. The minimum Gasteiger partial charge on any atom is -0.487 e. The molecule has 0 fully saturated rings. The Morgan fingerprint density at radius 2 is 1.85 bits per heavy atom. The zero-order chi connectivity index (χ0) is 14.4. The second-order valence-corrected chi connectivity index (χ2v) is 5.30. The fourth-order valence-electron chi connectivity index (χ4n) is 2.17. The average Bonchev–Trinajstić information content (AvgIpc) is 2.45. The molecule has 0 radical (unpaired) electrons. The van der Waals surface area contributed by atoms with Crippen LogP contribution in [0.1, 0.15) is 23.1 Å². The van der Waals surface area contributed by atoms with Crippen molar-refractivity contribution >= 4 is 11.6 Å². The first-order valence-electron chi connectivity index (χ1n) is 6.86. The zero-order valence-electron chi connectivity index (χ0n) is 11.7. The van der Waals surface area contributed by atoms with Gasteiger partial charge >= 0.3 is 0 Å². The van der Waals surface area contributed by atoms with E-state index in [0.29, 0.717) is 18.2 Å². The number of nitrogens with two attached hydrogens (primary N) is 1. The van der Waals surface area contributed by atoms with Gasteiger partial charge in [0.15, 0.2) is 0 Å². The Labute approximate surface area is 125 Å². The lowest BCUT2D eigenvalue weighted by atomic mass is 10.1. The van der Waals surface area contributed by atoms with Crippen LogP contribution in [0, 0.1) is 6.92 Å². The van der Waals surface area contributed by atoms with Gasteiger partial charge in [0, 0.05) is 0 Å². The molecule has 2 N–H and O–H groups in total. The fraction of sp³-hybridized carbons (Fsp3) is 0.294. The van der Waals surface area contributed by atoms with Crippen molar-refractivity contribution in [2.45, 2.75) is 26.4 Å². The predicted octanol–water partition coefficient (Wildman–Crippen LogP) is 4.12. The molecule has 2 aromatic rings. The third-order valence-electron chi connectivity index (χ3n) is 3.18. The number of hydrogen-bond acceptors (Lipinski definition) is 2. The van der Waals surface area contributed by atoms with Crippen LogP contribution < -0.4 is 10.5 Å². The van der Waals surface area contributed by atoms with E-state index in [9.17, 15) is 0 Å². The molecule has 3 heteroatoms. The topological polar surface area (TPSA) is 35.2 Å². The van der Waals surface area contributed by atoms with Crippen LogP contribution in [-0.4, -0.2) is 6.54 Å². The maximum absolute atomic E-state index is 6.32. The van der Waals surface area contributed by atoms with Crippen molar-refractivity contribution in [2.24, 2.45) is 5.73 Å². The lowest BCUT2D eigenvalue weighted by Gasteiger charge is -2.13. The van der Waals surface area contributed by atoms with Crippen LogP contribution in [0.15, 0.2) is 42.5 Å². The van der Waals surface area contributed by atoms with Crippen LogP contribution in [-0.2, 0) is 13.0 Å². The van der Waals surface area contributed by atoms with Gasteiger partial charge in [-0.3, -0.25) is 0 Å². The average molecular weight is 290 g/mol. The Hall–Kier alpha value is -1.51. The van der Waals surface area contributed by atoms with Gasteiger partial charge in [0.1, 0.15) is 12.4 Å². The molecule has 0 aromatic heterocycles. The Bertz CT molecular complexity index is 531. The van der Waals surface area contributed by atoms with E-state index >= 15 is 0 Å². The molecule has 0 aliphatic rings. The number of aryl methyl sites for hydroxylation is 2. The van der Waals surface area contributed by atoms with Gasteiger partial charge in [-0.05, 0) is 49.1 Å². The highest BCUT2D eigenvalue weighted by molar-refractivity contribution is 6.32. The van der Waals surface area contributed by atoms with Gasteiger partial charge in [-0.25, -0.2) is 0 Å². The van der Waals surface area contributed by atoms with E-state index in [1.54, 1.807) is 0 Å². The molecular formula is C17H20ClNO. The standard InChI is InChI=1S/C17H20ClNO/c1-13-10-15(8-5-9-19)11-16(18)17(13)20-12-14-6-3-2-4-7-14/h2-4,6-7,10-11H,5,8-9,12,19H2,1H3. The summed E-state index contributed by atoms with van der Waals surface area (Å²) in [5.41, 5.74) is 8.95. The van der Waals surface area contributed by atoms with E-state index in [4.69, 9.17) is 22.1 Å². The largest absolute Gasteiger partial charge is 0.487 e. The van der Waals surface area contributed by atoms with Crippen molar-refractivity contribution in [1.29, 1.82) is 0 Å². The highest BCUT2D eigenvalue weighted by atomic mass is 35.5. The van der Waals surface area contributed by atoms with Gasteiger partial charge in [-0.2, -0.15) is 0 Å². The van der Waals surface area contributed by atoms with E-state index in [2.05, 4.69) is 6.07 Å². The van der Waals surface area contributed by atoms with Crippen molar-refractivity contribution < 1.29 is 4.74 Å². The Balaban J connectivity index is 2.08. The Morgan fingerprint density at radius 3 is 2.50 bits per heavy atom. The summed E-state index contributed by atoms with van der Waals surface area (Å²) >= 11 is 6.32. The van der Waals surface area contributed by atoms with Crippen LogP contribution in [0.3, 0.4) is 0 Å². The molecule has 0 amide bonds. The van der Waals surface area contributed by atoms with Crippen LogP contribution >= 0.6 is 11.6 Å². The van der Waals surface area contributed by atoms with Crippen molar-refractivity contribution in [3.05, 3.63) is 64.2 Å². The van der Waals surface area contributed by atoms with Gasteiger partial charge < -0.3 is 10.5 Å². The Morgan fingerprint density at radius 1 is 1.10 bits per heavy atom. The van der Waals surface area contributed by atoms with Gasteiger partial charge in [0.2, 0.25) is 0 Å². The lowest BCUT2D eigenvalue weighted by Crippen LogP contribution is -2.02. The molecule has 20 heavy (non-hydrogen) atoms. The summed E-state index contributed by atoms with van der Waals surface area (Å²) in [7, 11) is 0. The van der Waals surface area contributed by atoms with E-state index in [-0.39, 0.29) is 0 Å². The molecule has 0 heterocycles. The second kappa shape index (κ2) is 7.32. The number of rotatable bonds is 6. The molecule has 0 spiro atoms. The Kier molecular flexibility index (Phi) is 5.45. The van der Waals surface area contributed by atoms with E-state index in [1.165, 1.54) is 5.56 Å². The fourth-order valence-corrected chi connectivity index (χ4v) is 2.51. The van der Waals surface area contributed by atoms with Crippen molar-refractivity contribution in [1.82, 2.24) is 0 Å². The molecular weight excluding hydrogens is 270 g/mol. The summed E-state index contributed by atoms with van der Waals surface area (Å²) in [5.74, 6) is 0.770. The van der Waals surface area contributed by atoms with Crippen LogP contribution in [0.4, 0.5) is 0 Å². The molecule has 0 aliphatic heterocycles. The first kappa shape index (κ1) is 14.9. The van der Waals surface area contributed by atoms with Gasteiger partial charge in [-0.15, -0.1) is 0 Å². The highest BCUT2D eigenvalue weighted by Gasteiger charge is 2.08. The van der Waals surface area contributed by atoms with Gasteiger partial charge in [-0.1, -0.05) is 48.0 Å². The molecule has 2 nitrogen and oxygen atoms in total. The van der Waals surface area contributed by atoms with Gasteiger partial charge in [0.25, 0.3) is 0 Å². The molecule has 2 aromatic carbocycles. The maximum Gasteiger partial charge on any atom is 0.141 e. The summed E-state index contributed by atoms with van der Waals surface area (Å²) in [6.07, 6.45) is 1.93. The molecule has 0 aliphatic carbocycles. The number of hydrogen-bond donors (Lipinski definition) is 1. The smallest absolute Gasteiger partial charge is 0.141 e. The molecule has 0 bridgehead atoms. The number of halogens is 1. The summed E-state index contributed by atoms with van der Waals surface area (Å²) in [5, 5.41) is 0.674. The predicted molar refractivity (Wildman–Crippen MR) is 84.3 cm³/mol. The monoisotopic (exact) mass is 289 g/mol. The molecule has 0 saturated heterocycles. The molecule has 0 saturated carbocycles. The normalized spacial score (nSPS) is 10.6. The van der Waals surface area contributed by atoms with Crippen molar-refractivity contribution in [2.75, 3.05) is 6.54 Å². The maximum atomic E-state index is 6.32. The third kappa shape index (κ3) is 3.99. The van der Waals surface area contributed by atoms with Crippen LogP contribution in [0.2, 0.25) is 5.02 Å². The van der Waals surface area contributed by atoms with E-state index < -0.39 is 0 Å².